The van der Waals surface area contributed by atoms with Crippen LogP contribution in [0, 0.1) is 11.2 Å². The quantitative estimate of drug-likeness (QED) is 0.266. The highest BCUT2D eigenvalue weighted by molar-refractivity contribution is 8.03. The zero-order valence-corrected chi connectivity index (χ0v) is 16.4. The van der Waals surface area contributed by atoms with Gasteiger partial charge in [-0.25, -0.2) is 0 Å². The fourth-order valence-electron chi connectivity index (χ4n) is 2.87. The molecule has 3 rings (SSSR count). The molecule has 0 spiro atoms. The van der Waals surface area contributed by atoms with Crippen LogP contribution in [0.4, 0.5) is 0 Å². The van der Waals surface area contributed by atoms with E-state index in [9.17, 15) is 0 Å². The molecule has 136 valence electrons. The van der Waals surface area contributed by atoms with Crippen LogP contribution in [0.1, 0.15) is 30.9 Å². The number of hydrogen-bond donors (Lipinski definition) is 0. The van der Waals surface area contributed by atoms with E-state index < -0.39 is 5.60 Å². The van der Waals surface area contributed by atoms with Crippen molar-refractivity contribution in [3.8, 4) is 11.2 Å². The molecule has 0 amide bonds. The summed E-state index contributed by atoms with van der Waals surface area (Å²) in [6.07, 6.45) is 2.10. The van der Waals surface area contributed by atoms with Gasteiger partial charge in [-0.15, -0.1) is 0 Å². The van der Waals surface area contributed by atoms with Crippen LogP contribution in [0.15, 0.2) is 95.9 Å². The van der Waals surface area contributed by atoms with Gasteiger partial charge < -0.3 is 4.74 Å². The first-order valence-electron chi connectivity index (χ1n) is 9.34. The highest BCUT2D eigenvalue weighted by Crippen LogP contribution is 2.34. The van der Waals surface area contributed by atoms with Crippen molar-refractivity contribution in [2.45, 2.75) is 30.3 Å². The molecule has 0 aliphatic carbocycles. The molecule has 0 N–H and O–H groups in total. The van der Waals surface area contributed by atoms with Crippen LogP contribution in [0.5, 0.6) is 0 Å². The normalized spacial score (nSPS) is 10.9. The molecule has 0 aliphatic heterocycles. The van der Waals surface area contributed by atoms with Crippen molar-refractivity contribution in [1.29, 1.82) is 0 Å². The van der Waals surface area contributed by atoms with Gasteiger partial charge in [-0.05, 0) is 41.5 Å². The van der Waals surface area contributed by atoms with Gasteiger partial charge in [0.15, 0.2) is 5.60 Å². The maximum absolute atomic E-state index is 6.49. The molecule has 0 fully saturated rings. The van der Waals surface area contributed by atoms with E-state index in [4.69, 9.17) is 4.74 Å². The first kappa shape index (κ1) is 19.3. The van der Waals surface area contributed by atoms with E-state index in [0.717, 1.165) is 28.9 Å². The van der Waals surface area contributed by atoms with Gasteiger partial charge in [-0.1, -0.05) is 92.2 Å². The average molecular weight is 373 g/mol. The Kier molecular flexibility index (Phi) is 7.16. The van der Waals surface area contributed by atoms with Crippen molar-refractivity contribution in [2.75, 3.05) is 6.61 Å². The summed E-state index contributed by atoms with van der Waals surface area (Å²) in [6.45, 7) is 2.85. The zero-order chi connectivity index (χ0) is 18.8. The lowest BCUT2D eigenvalue weighted by Crippen LogP contribution is -2.30. The first-order chi connectivity index (χ1) is 13.3. The molecule has 27 heavy (non-hydrogen) atoms. The van der Waals surface area contributed by atoms with E-state index in [1.807, 2.05) is 54.6 Å². The van der Waals surface area contributed by atoms with Crippen LogP contribution in [0.3, 0.4) is 0 Å². The Morgan fingerprint density at radius 2 is 1.30 bits per heavy atom. The molecular weight excluding hydrogens is 348 g/mol. The Morgan fingerprint density at radius 1 is 0.778 bits per heavy atom. The number of thioether (sulfide) groups is 1. The molecule has 3 aromatic carbocycles. The van der Waals surface area contributed by atoms with Crippen LogP contribution >= 0.6 is 11.8 Å². The third kappa shape index (κ3) is 5.04. The second-order valence-corrected chi connectivity index (χ2v) is 7.14. The van der Waals surface area contributed by atoms with Crippen LogP contribution in [-0.2, 0) is 10.3 Å². The standard InChI is InChI=1S/C25H24OS/c1-2-3-20-26-25(22-13-7-4-8-14-22,23-15-9-5-10-16-23)19-21-27-24-17-11-6-12-18-24/h4-18H,2-3,20H2,1H3. The molecule has 0 aromatic heterocycles. The molecule has 0 radical (unpaired) electrons. The number of rotatable bonds is 7. The summed E-state index contributed by atoms with van der Waals surface area (Å²) in [5.74, 6) is 3.46. The van der Waals surface area contributed by atoms with Gasteiger partial charge in [-0.2, -0.15) is 0 Å². The molecule has 0 atom stereocenters. The Bertz CT molecular complexity index is 824. The topological polar surface area (TPSA) is 9.23 Å². The summed E-state index contributed by atoms with van der Waals surface area (Å²) in [5.41, 5.74) is 1.36. The highest BCUT2D eigenvalue weighted by Gasteiger charge is 2.33. The first-order valence-corrected chi connectivity index (χ1v) is 10.2. The summed E-state index contributed by atoms with van der Waals surface area (Å²) < 4.78 is 6.49. The molecular formula is C25H24OS. The SMILES string of the molecule is CCCCOC(C#CSc1ccccc1)(c1ccccc1)c1ccccc1. The van der Waals surface area contributed by atoms with Gasteiger partial charge in [0.2, 0.25) is 0 Å². The van der Waals surface area contributed by atoms with Crippen LogP contribution in [-0.4, -0.2) is 6.61 Å². The maximum atomic E-state index is 6.49. The number of benzene rings is 3. The van der Waals surface area contributed by atoms with Crippen LogP contribution < -0.4 is 0 Å². The number of ether oxygens (including phenoxy) is 1. The van der Waals surface area contributed by atoms with Crippen molar-refractivity contribution < 1.29 is 4.74 Å². The average Bonchev–Trinajstić information content (AvgIpc) is 2.75. The van der Waals surface area contributed by atoms with Gasteiger partial charge in [-0.3, -0.25) is 0 Å². The Balaban J connectivity index is 2.03. The predicted octanol–water partition coefficient (Wildman–Crippen LogP) is 6.50. The fourth-order valence-corrected chi connectivity index (χ4v) is 3.48. The fraction of sp³-hybridized carbons (Fsp3) is 0.200. The maximum Gasteiger partial charge on any atom is 0.180 e. The second-order valence-electron chi connectivity index (χ2n) is 6.26. The molecule has 0 saturated carbocycles. The van der Waals surface area contributed by atoms with Gasteiger partial charge in [0.25, 0.3) is 0 Å². The summed E-state index contributed by atoms with van der Waals surface area (Å²) in [7, 11) is 0. The van der Waals surface area contributed by atoms with E-state index >= 15 is 0 Å². The van der Waals surface area contributed by atoms with E-state index in [0.29, 0.717) is 6.61 Å². The lowest BCUT2D eigenvalue weighted by atomic mass is 9.86. The van der Waals surface area contributed by atoms with Crippen LogP contribution in [0.25, 0.3) is 0 Å². The lowest BCUT2D eigenvalue weighted by Gasteiger charge is -2.30. The predicted molar refractivity (Wildman–Crippen MR) is 115 cm³/mol. The molecule has 1 nitrogen and oxygen atoms in total. The third-order valence-corrected chi connectivity index (χ3v) is 5.03. The molecule has 0 saturated heterocycles. The lowest BCUT2D eigenvalue weighted by molar-refractivity contribution is 0.0247. The molecule has 3 aromatic rings. The minimum absolute atomic E-state index is 0.672. The highest BCUT2D eigenvalue weighted by atomic mass is 32.2. The van der Waals surface area contributed by atoms with Gasteiger partial charge in [0.1, 0.15) is 0 Å². The summed E-state index contributed by atoms with van der Waals surface area (Å²) in [4.78, 5) is 1.13. The van der Waals surface area contributed by atoms with Gasteiger partial charge >= 0.3 is 0 Å². The summed E-state index contributed by atoms with van der Waals surface area (Å²) >= 11 is 1.53. The van der Waals surface area contributed by atoms with Gasteiger partial charge in [0.05, 0.1) is 0 Å². The van der Waals surface area contributed by atoms with E-state index in [-0.39, 0.29) is 0 Å². The molecule has 0 heterocycles. The smallest absolute Gasteiger partial charge is 0.180 e. The van der Waals surface area contributed by atoms with E-state index in [1.54, 1.807) is 0 Å². The molecule has 0 bridgehead atoms. The summed E-state index contributed by atoms with van der Waals surface area (Å²) in [5, 5.41) is 3.31. The molecule has 0 aliphatic rings. The molecule has 0 unspecified atom stereocenters. The minimum atomic E-state index is -0.764. The van der Waals surface area contributed by atoms with Crippen molar-refractivity contribution in [3.63, 3.8) is 0 Å². The minimum Gasteiger partial charge on any atom is -0.354 e. The second kappa shape index (κ2) is 10.0. The van der Waals surface area contributed by atoms with Crippen molar-refractivity contribution in [3.05, 3.63) is 102 Å². The van der Waals surface area contributed by atoms with Gasteiger partial charge in [0, 0.05) is 22.6 Å². The van der Waals surface area contributed by atoms with E-state index in [1.165, 1.54) is 11.8 Å². The monoisotopic (exact) mass is 372 g/mol. The van der Waals surface area contributed by atoms with E-state index in [2.05, 4.69) is 54.5 Å². The van der Waals surface area contributed by atoms with Crippen molar-refractivity contribution >= 4 is 11.8 Å². The molecule has 2 heteroatoms. The number of unbranched alkanes of at least 4 members (excludes halogenated alkanes) is 1. The largest absolute Gasteiger partial charge is 0.354 e. The Labute approximate surface area is 166 Å². The summed E-state index contributed by atoms with van der Waals surface area (Å²) in [6, 6.07) is 30.8. The zero-order valence-electron chi connectivity index (χ0n) is 15.6. The van der Waals surface area contributed by atoms with Crippen LogP contribution in [0.2, 0.25) is 0 Å². The third-order valence-electron chi connectivity index (χ3n) is 4.32. The Hall–Kier alpha value is -2.47. The Morgan fingerprint density at radius 3 is 1.81 bits per heavy atom. The van der Waals surface area contributed by atoms with Crippen molar-refractivity contribution in [2.24, 2.45) is 0 Å². The van der Waals surface area contributed by atoms with Crippen molar-refractivity contribution in [1.82, 2.24) is 0 Å². The number of hydrogen-bond acceptors (Lipinski definition) is 2.